The van der Waals surface area contributed by atoms with Gasteiger partial charge in [0.05, 0.1) is 17.2 Å². The van der Waals surface area contributed by atoms with Crippen LogP contribution in [0.25, 0.3) is 11.0 Å². The Morgan fingerprint density at radius 1 is 1.30 bits per heavy atom. The third-order valence-electron chi connectivity index (χ3n) is 4.88. The van der Waals surface area contributed by atoms with Gasteiger partial charge in [0.1, 0.15) is 11.6 Å². The summed E-state index contributed by atoms with van der Waals surface area (Å²) in [5, 5.41) is 0. The van der Waals surface area contributed by atoms with Crippen molar-refractivity contribution in [2.75, 3.05) is 19.7 Å². The Kier molecular flexibility index (Phi) is 4.47. The number of halogens is 2. The number of aryl methyl sites for hydroxylation is 1. The number of hydrogen-bond donors (Lipinski definition) is 0. The van der Waals surface area contributed by atoms with E-state index in [4.69, 9.17) is 4.74 Å². The molecule has 27 heavy (non-hydrogen) atoms. The molecule has 0 bridgehead atoms. The van der Waals surface area contributed by atoms with Crippen molar-refractivity contribution in [3.63, 3.8) is 0 Å². The van der Waals surface area contributed by atoms with Gasteiger partial charge in [-0.2, -0.15) is 0 Å². The van der Waals surface area contributed by atoms with Gasteiger partial charge < -0.3 is 14.2 Å². The molecule has 1 saturated heterocycles. The average molecular weight is 372 g/mol. The number of pyridine rings is 1. The summed E-state index contributed by atoms with van der Waals surface area (Å²) in [7, 11) is 1.95. The quantitative estimate of drug-likeness (QED) is 0.706. The van der Waals surface area contributed by atoms with Gasteiger partial charge >= 0.3 is 0 Å². The Bertz CT molecular complexity index is 1000. The molecule has 1 fully saturated rings. The van der Waals surface area contributed by atoms with Gasteiger partial charge in [-0.1, -0.05) is 0 Å². The SMILES string of the molecule is Cn1c(C2CCN(C(=O)COc3ccc(F)c(F)c3)C2)nc2ccncc21. The molecule has 1 aromatic carbocycles. The molecular formula is C19H18F2N4O2. The largest absolute Gasteiger partial charge is 0.484 e. The summed E-state index contributed by atoms with van der Waals surface area (Å²) >= 11 is 0. The molecule has 0 saturated carbocycles. The highest BCUT2D eigenvalue weighted by Gasteiger charge is 2.30. The summed E-state index contributed by atoms with van der Waals surface area (Å²) in [4.78, 5) is 22.9. The van der Waals surface area contributed by atoms with Crippen LogP contribution in [0, 0.1) is 11.6 Å². The molecule has 3 heterocycles. The maximum absolute atomic E-state index is 13.2. The van der Waals surface area contributed by atoms with Crippen LogP contribution in [0.4, 0.5) is 8.78 Å². The number of carbonyl (C=O) groups is 1. The van der Waals surface area contributed by atoms with E-state index in [9.17, 15) is 13.6 Å². The summed E-state index contributed by atoms with van der Waals surface area (Å²) in [6.07, 6.45) is 4.29. The van der Waals surface area contributed by atoms with Crippen molar-refractivity contribution >= 4 is 16.9 Å². The van der Waals surface area contributed by atoms with Gasteiger partial charge in [-0.15, -0.1) is 0 Å². The summed E-state index contributed by atoms with van der Waals surface area (Å²) < 4.78 is 33.5. The van der Waals surface area contributed by atoms with Crippen molar-refractivity contribution in [3.05, 3.63) is 54.1 Å². The molecule has 4 rings (SSSR count). The number of aromatic nitrogens is 3. The maximum atomic E-state index is 13.2. The van der Waals surface area contributed by atoms with Gasteiger partial charge in [-0.05, 0) is 24.6 Å². The number of carbonyl (C=O) groups excluding carboxylic acids is 1. The minimum absolute atomic E-state index is 0.126. The van der Waals surface area contributed by atoms with Crippen LogP contribution in [-0.2, 0) is 11.8 Å². The minimum Gasteiger partial charge on any atom is -0.484 e. The molecule has 0 spiro atoms. The fraction of sp³-hybridized carbons (Fsp3) is 0.316. The molecule has 1 aliphatic rings. The minimum atomic E-state index is -1.00. The van der Waals surface area contributed by atoms with Crippen LogP contribution < -0.4 is 4.74 Å². The van der Waals surface area contributed by atoms with Crippen LogP contribution in [0.2, 0.25) is 0 Å². The number of fused-ring (bicyclic) bond motifs is 1. The number of hydrogen-bond acceptors (Lipinski definition) is 4. The average Bonchev–Trinajstić information content (AvgIpc) is 3.28. The number of rotatable bonds is 4. The smallest absolute Gasteiger partial charge is 0.260 e. The first kappa shape index (κ1) is 17.4. The summed E-state index contributed by atoms with van der Waals surface area (Å²) in [5.41, 5.74) is 1.84. The van der Waals surface area contributed by atoms with E-state index >= 15 is 0 Å². The van der Waals surface area contributed by atoms with E-state index in [1.54, 1.807) is 17.3 Å². The lowest BCUT2D eigenvalue weighted by Gasteiger charge is -2.17. The molecule has 0 radical (unpaired) electrons. The third kappa shape index (κ3) is 3.34. The van der Waals surface area contributed by atoms with Crippen LogP contribution in [0.15, 0.2) is 36.7 Å². The number of likely N-dealkylation sites (tertiary alicyclic amines) is 1. The molecule has 0 aliphatic carbocycles. The zero-order chi connectivity index (χ0) is 19.0. The highest BCUT2D eigenvalue weighted by atomic mass is 19.2. The second kappa shape index (κ2) is 6.94. The monoisotopic (exact) mass is 372 g/mol. The molecule has 140 valence electrons. The number of amides is 1. The zero-order valence-corrected chi connectivity index (χ0v) is 14.7. The van der Waals surface area contributed by atoms with Crippen molar-refractivity contribution in [2.45, 2.75) is 12.3 Å². The fourth-order valence-corrected chi connectivity index (χ4v) is 3.42. The molecule has 1 aliphatic heterocycles. The van der Waals surface area contributed by atoms with Crippen LogP contribution in [-0.4, -0.2) is 45.0 Å². The molecule has 2 aromatic heterocycles. The predicted molar refractivity (Wildman–Crippen MR) is 94.3 cm³/mol. The number of ether oxygens (including phenoxy) is 1. The van der Waals surface area contributed by atoms with E-state index in [1.165, 1.54) is 6.07 Å². The van der Waals surface area contributed by atoms with Crippen molar-refractivity contribution in [1.29, 1.82) is 0 Å². The Morgan fingerprint density at radius 3 is 2.93 bits per heavy atom. The first-order chi connectivity index (χ1) is 13.0. The lowest BCUT2D eigenvalue weighted by Crippen LogP contribution is -2.33. The first-order valence-electron chi connectivity index (χ1n) is 8.65. The van der Waals surface area contributed by atoms with Crippen LogP contribution in [0.3, 0.4) is 0 Å². The van der Waals surface area contributed by atoms with Gasteiger partial charge in [-0.3, -0.25) is 9.78 Å². The molecule has 1 unspecified atom stereocenters. The Morgan fingerprint density at radius 2 is 2.15 bits per heavy atom. The maximum Gasteiger partial charge on any atom is 0.260 e. The Hall–Kier alpha value is -3.03. The second-order valence-corrected chi connectivity index (χ2v) is 6.58. The standard InChI is InChI=1S/C19H18F2N4O2/c1-24-17-9-22-6-4-16(17)23-19(24)12-5-7-25(10-12)18(26)11-27-13-2-3-14(20)15(21)8-13/h2-4,6,8-9,12H,5,7,10-11H2,1H3. The normalized spacial score (nSPS) is 16.9. The lowest BCUT2D eigenvalue weighted by atomic mass is 10.1. The van der Waals surface area contributed by atoms with Gasteiger partial charge in [-0.25, -0.2) is 13.8 Å². The Balaban J connectivity index is 1.40. The predicted octanol–water partition coefficient (Wildman–Crippen LogP) is 2.64. The molecular weight excluding hydrogens is 354 g/mol. The van der Waals surface area contributed by atoms with Crippen LogP contribution >= 0.6 is 0 Å². The summed E-state index contributed by atoms with van der Waals surface area (Å²) in [6, 6.07) is 5.07. The van der Waals surface area contributed by atoms with E-state index in [0.717, 1.165) is 35.4 Å². The topological polar surface area (TPSA) is 60.2 Å². The molecule has 8 heteroatoms. The van der Waals surface area contributed by atoms with Crippen LogP contribution in [0.5, 0.6) is 5.75 Å². The highest BCUT2D eigenvalue weighted by molar-refractivity contribution is 5.78. The van der Waals surface area contributed by atoms with Gasteiger partial charge in [0, 0.05) is 38.3 Å². The summed E-state index contributed by atoms with van der Waals surface area (Å²) in [6.45, 7) is 0.931. The zero-order valence-electron chi connectivity index (χ0n) is 14.7. The molecule has 1 atom stereocenters. The lowest BCUT2D eigenvalue weighted by molar-refractivity contribution is -0.132. The van der Waals surface area contributed by atoms with E-state index in [2.05, 4.69) is 9.97 Å². The summed E-state index contributed by atoms with van der Waals surface area (Å²) in [5.74, 6) is -0.959. The molecule has 6 nitrogen and oxygen atoms in total. The van der Waals surface area contributed by atoms with Crippen molar-refractivity contribution in [1.82, 2.24) is 19.4 Å². The van der Waals surface area contributed by atoms with Crippen molar-refractivity contribution < 1.29 is 18.3 Å². The van der Waals surface area contributed by atoms with E-state index in [1.807, 2.05) is 17.7 Å². The molecule has 0 N–H and O–H groups in total. The van der Waals surface area contributed by atoms with Crippen molar-refractivity contribution in [3.8, 4) is 5.75 Å². The second-order valence-electron chi connectivity index (χ2n) is 6.58. The number of imidazole rings is 1. The molecule has 3 aromatic rings. The highest BCUT2D eigenvalue weighted by Crippen LogP contribution is 2.28. The van der Waals surface area contributed by atoms with E-state index < -0.39 is 11.6 Å². The van der Waals surface area contributed by atoms with E-state index in [-0.39, 0.29) is 24.2 Å². The first-order valence-corrected chi connectivity index (χ1v) is 8.65. The van der Waals surface area contributed by atoms with Gasteiger partial charge in [0.15, 0.2) is 18.2 Å². The fourth-order valence-electron chi connectivity index (χ4n) is 3.42. The van der Waals surface area contributed by atoms with E-state index in [0.29, 0.717) is 13.1 Å². The van der Waals surface area contributed by atoms with Gasteiger partial charge in [0.2, 0.25) is 0 Å². The van der Waals surface area contributed by atoms with Crippen molar-refractivity contribution in [2.24, 2.45) is 7.05 Å². The Labute approximate surface area is 154 Å². The number of nitrogens with zero attached hydrogens (tertiary/aromatic N) is 4. The molecule has 1 amide bonds. The third-order valence-corrected chi connectivity index (χ3v) is 4.88. The number of benzene rings is 1. The van der Waals surface area contributed by atoms with Gasteiger partial charge in [0.25, 0.3) is 5.91 Å². The van der Waals surface area contributed by atoms with Crippen LogP contribution in [0.1, 0.15) is 18.2 Å².